The molecule has 0 spiro atoms. The highest BCUT2D eigenvalue weighted by Gasteiger charge is 2.38. The summed E-state index contributed by atoms with van der Waals surface area (Å²) in [6.45, 7) is 2.71. The molecule has 1 N–H and O–H groups in total. The number of nitrogens with zero attached hydrogens (tertiary/aromatic N) is 5. The maximum Gasteiger partial charge on any atom is 0.216 e. The van der Waals surface area contributed by atoms with Crippen LogP contribution in [0.1, 0.15) is 37.4 Å². The summed E-state index contributed by atoms with van der Waals surface area (Å²) < 4.78 is 13.9. The summed E-state index contributed by atoms with van der Waals surface area (Å²) in [5.74, 6) is 3.42. The average molecular weight is 431 g/mol. The van der Waals surface area contributed by atoms with Crippen LogP contribution >= 0.6 is 0 Å². The van der Waals surface area contributed by atoms with E-state index in [1.54, 1.807) is 0 Å². The Balaban J connectivity index is 1.34. The first-order valence-electron chi connectivity index (χ1n) is 11.5. The van der Waals surface area contributed by atoms with Gasteiger partial charge >= 0.3 is 0 Å². The van der Waals surface area contributed by atoms with Crippen LogP contribution in [0.2, 0.25) is 0 Å². The molecule has 4 aliphatic rings. The van der Waals surface area contributed by atoms with Crippen molar-refractivity contribution in [2.24, 2.45) is 4.99 Å². The minimum atomic E-state index is -0.124. The van der Waals surface area contributed by atoms with Gasteiger partial charge in [-0.1, -0.05) is 31.0 Å². The number of aromatic nitrogens is 2. The molecule has 1 saturated carbocycles. The van der Waals surface area contributed by atoms with Crippen molar-refractivity contribution in [1.29, 1.82) is 0 Å². The fourth-order valence-corrected chi connectivity index (χ4v) is 5.44. The minimum Gasteiger partial charge on any atom is -0.486 e. The lowest BCUT2D eigenvalue weighted by atomic mass is 10.1. The van der Waals surface area contributed by atoms with Crippen molar-refractivity contribution in [3.05, 3.63) is 48.0 Å². The van der Waals surface area contributed by atoms with Crippen molar-refractivity contribution >= 4 is 22.9 Å². The number of fused-ring (bicyclic) bond motifs is 6. The number of rotatable bonds is 2. The van der Waals surface area contributed by atoms with Crippen LogP contribution in [-0.4, -0.2) is 53.0 Å². The first-order chi connectivity index (χ1) is 15.8. The standard InChI is InChI=1S/C24H26N6O2/c1-2-6-17(5-1)28-14-25-23-27-22(16-9-10-20-21(13-16)32-12-11-31-20)30-19-8-4-3-7-18(19)26-24(30)29(23)15-28/h3-4,7-10,13,17,22H,1-2,5-6,11-12,14-15H2,(H,25,27). The Bertz CT molecular complexity index is 1210. The molecule has 1 aromatic heterocycles. The average Bonchev–Trinajstić information content (AvgIpc) is 3.52. The van der Waals surface area contributed by atoms with Crippen LogP contribution in [0.3, 0.4) is 0 Å². The highest BCUT2D eigenvalue weighted by atomic mass is 16.6. The number of hydrogen-bond donors (Lipinski definition) is 1. The molecule has 32 heavy (non-hydrogen) atoms. The van der Waals surface area contributed by atoms with E-state index < -0.39 is 0 Å². The quantitative estimate of drug-likeness (QED) is 0.673. The van der Waals surface area contributed by atoms with E-state index in [1.807, 2.05) is 12.1 Å². The molecule has 8 heteroatoms. The number of anilines is 1. The van der Waals surface area contributed by atoms with Crippen molar-refractivity contribution in [1.82, 2.24) is 19.8 Å². The van der Waals surface area contributed by atoms with Gasteiger partial charge in [0, 0.05) is 6.04 Å². The lowest BCUT2D eigenvalue weighted by molar-refractivity contribution is 0.171. The van der Waals surface area contributed by atoms with Gasteiger partial charge in [-0.15, -0.1) is 0 Å². The van der Waals surface area contributed by atoms with E-state index in [9.17, 15) is 0 Å². The van der Waals surface area contributed by atoms with E-state index in [1.165, 1.54) is 25.7 Å². The normalized spacial score (nSPS) is 22.9. The van der Waals surface area contributed by atoms with Gasteiger partial charge in [-0.3, -0.25) is 14.4 Å². The smallest absolute Gasteiger partial charge is 0.216 e. The first kappa shape index (κ1) is 18.3. The van der Waals surface area contributed by atoms with Gasteiger partial charge in [0.2, 0.25) is 11.9 Å². The molecule has 8 nitrogen and oxygen atoms in total. The van der Waals surface area contributed by atoms with Crippen LogP contribution in [0.5, 0.6) is 11.5 Å². The fraction of sp³-hybridized carbons (Fsp3) is 0.417. The number of guanidine groups is 1. The van der Waals surface area contributed by atoms with Gasteiger partial charge in [-0.05, 0) is 42.7 Å². The Morgan fingerprint density at radius 1 is 0.969 bits per heavy atom. The third kappa shape index (κ3) is 2.79. The third-order valence-electron chi connectivity index (χ3n) is 7.05. The molecule has 7 rings (SSSR count). The first-order valence-corrected chi connectivity index (χ1v) is 11.5. The second-order valence-corrected chi connectivity index (χ2v) is 8.94. The maximum atomic E-state index is 5.86. The van der Waals surface area contributed by atoms with E-state index in [-0.39, 0.29) is 6.17 Å². The van der Waals surface area contributed by atoms with Crippen LogP contribution < -0.4 is 19.7 Å². The van der Waals surface area contributed by atoms with Crippen molar-refractivity contribution < 1.29 is 9.47 Å². The number of nitrogens with one attached hydrogen (secondary N) is 1. The Labute approximate surface area is 186 Å². The molecule has 164 valence electrons. The summed E-state index contributed by atoms with van der Waals surface area (Å²) in [5, 5.41) is 3.70. The Morgan fingerprint density at radius 2 is 1.81 bits per heavy atom. The number of aliphatic imine (C=N–C) groups is 1. The summed E-state index contributed by atoms with van der Waals surface area (Å²) in [5.41, 5.74) is 3.19. The molecule has 0 radical (unpaired) electrons. The van der Waals surface area contributed by atoms with Crippen LogP contribution in [0.15, 0.2) is 47.5 Å². The Morgan fingerprint density at radius 3 is 2.72 bits per heavy atom. The predicted molar refractivity (Wildman–Crippen MR) is 122 cm³/mol. The van der Waals surface area contributed by atoms with Crippen LogP contribution in [-0.2, 0) is 0 Å². The molecule has 0 saturated heterocycles. The molecule has 1 unspecified atom stereocenters. The molecule has 3 aliphatic heterocycles. The maximum absolute atomic E-state index is 5.86. The van der Waals surface area contributed by atoms with Gasteiger partial charge in [0.25, 0.3) is 0 Å². The zero-order valence-electron chi connectivity index (χ0n) is 17.9. The van der Waals surface area contributed by atoms with E-state index in [2.05, 4.69) is 50.0 Å². The zero-order valence-corrected chi connectivity index (χ0v) is 17.9. The molecular weight excluding hydrogens is 404 g/mol. The number of benzene rings is 2. The summed E-state index contributed by atoms with van der Waals surface area (Å²) in [4.78, 5) is 14.7. The topological polar surface area (TPSA) is 67.2 Å². The van der Waals surface area contributed by atoms with E-state index >= 15 is 0 Å². The van der Waals surface area contributed by atoms with Crippen molar-refractivity contribution in [2.45, 2.75) is 37.9 Å². The molecule has 0 amide bonds. The summed E-state index contributed by atoms with van der Waals surface area (Å²) >= 11 is 0. The van der Waals surface area contributed by atoms with Gasteiger partial charge < -0.3 is 14.8 Å². The van der Waals surface area contributed by atoms with Crippen molar-refractivity contribution in [3.63, 3.8) is 0 Å². The van der Waals surface area contributed by atoms with E-state index in [0.717, 1.165) is 53.3 Å². The van der Waals surface area contributed by atoms with Crippen LogP contribution in [0.4, 0.5) is 5.95 Å². The third-order valence-corrected chi connectivity index (χ3v) is 7.05. The van der Waals surface area contributed by atoms with Crippen LogP contribution in [0, 0.1) is 0 Å². The molecule has 3 aromatic rings. The summed E-state index contributed by atoms with van der Waals surface area (Å²) in [6, 6.07) is 15.1. The molecule has 1 aliphatic carbocycles. The van der Waals surface area contributed by atoms with E-state index in [4.69, 9.17) is 19.5 Å². The van der Waals surface area contributed by atoms with Crippen LogP contribution in [0.25, 0.3) is 11.0 Å². The predicted octanol–water partition coefficient (Wildman–Crippen LogP) is 3.29. The zero-order chi connectivity index (χ0) is 21.1. The summed E-state index contributed by atoms with van der Waals surface area (Å²) in [7, 11) is 0. The number of ether oxygens (including phenoxy) is 2. The molecule has 1 atom stereocenters. The highest BCUT2D eigenvalue weighted by Crippen LogP contribution is 2.38. The van der Waals surface area contributed by atoms with Gasteiger partial charge in [0.1, 0.15) is 19.4 Å². The van der Waals surface area contributed by atoms with Crippen molar-refractivity contribution in [2.75, 3.05) is 31.5 Å². The van der Waals surface area contributed by atoms with Gasteiger partial charge in [-0.25, -0.2) is 9.98 Å². The molecule has 2 aromatic carbocycles. The largest absolute Gasteiger partial charge is 0.486 e. The Hall–Kier alpha value is -3.26. The Kier molecular flexibility index (Phi) is 4.08. The molecule has 4 heterocycles. The SMILES string of the molecule is c1ccc2c(c1)nc1n2C(c2ccc3c(c2)OCCO3)NC2=NCN(C3CCCC3)CN21. The van der Waals surface area contributed by atoms with Crippen molar-refractivity contribution in [3.8, 4) is 11.5 Å². The summed E-state index contributed by atoms with van der Waals surface area (Å²) in [6.07, 6.45) is 5.05. The molecule has 1 fully saturated rings. The lowest BCUT2D eigenvalue weighted by Crippen LogP contribution is -2.58. The highest BCUT2D eigenvalue weighted by molar-refractivity contribution is 5.98. The number of hydrogen-bond acceptors (Lipinski definition) is 7. The molecule has 0 bridgehead atoms. The van der Waals surface area contributed by atoms with Gasteiger partial charge in [0.15, 0.2) is 11.5 Å². The fourth-order valence-electron chi connectivity index (χ4n) is 5.44. The number of para-hydroxylation sites is 2. The second kappa shape index (κ2) is 7.13. The van der Waals surface area contributed by atoms with Gasteiger partial charge in [0.05, 0.1) is 24.4 Å². The molecular formula is C24H26N6O2. The number of imidazole rings is 1. The second-order valence-electron chi connectivity index (χ2n) is 8.94. The van der Waals surface area contributed by atoms with Gasteiger partial charge in [-0.2, -0.15) is 0 Å². The lowest BCUT2D eigenvalue weighted by Gasteiger charge is -2.43. The monoisotopic (exact) mass is 430 g/mol. The van der Waals surface area contributed by atoms with E-state index in [0.29, 0.717) is 19.3 Å². The minimum absolute atomic E-state index is 0.124.